The number of benzene rings is 2. The number of thioether (sulfide) groups is 1. The first kappa shape index (κ1) is 28.0. The molecule has 0 aliphatic carbocycles. The maximum absolute atomic E-state index is 13.0. The Bertz CT molecular complexity index is 1250. The zero-order valence-corrected chi connectivity index (χ0v) is 23.4. The van der Waals surface area contributed by atoms with Crippen LogP contribution >= 0.6 is 35.0 Å². The summed E-state index contributed by atoms with van der Waals surface area (Å²) < 4.78 is 1.93. The lowest BCUT2D eigenvalue weighted by atomic mass is 10.0. The van der Waals surface area contributed by atoms with Gasteiger partial charge in [-0.05, 0) is 55.5 Å². The number of aromatic nitrogens is 3. The van der Waals surface area contributed by atoms with Crippen LogP contribution in [0.3, 0.4) is 0 Å². The summed E-state index contributed by atoms with van der Waals surface area (Å²) in [6, 6.07) is 10.4. The minimum Gasteiger partial charge on any atom is -0.342 e. The number of anilines is 1. The molecular formula is C26H31Cl2N5O2S. The first-order valence-electron chi connectivity index (χ1n) is 11.9. The molecule has 2 amide bonds. The van der Waals surface area contributed by atoms with E-state index in [9.17, 15) is 9.59 Å². The zero-order chi connectivity index (χ0) is 26.4. The number of aryl methyl sites for hydroxylation is 2. The molecule has 7 nitrogen and oxygen atoms in total. The van der Waals surface area contributed by atoms with Crippen LogP contribution in [0.15, 0.2) is 41.6 Å². The monoisotopic (exact) mass is 547 g/mol. The summed E-state index contributed by atoms with van der Waals surface area (Å²) in [5.74, 6) is 0.418. The number of carbonyl (C=O) groups is 2. The van der Waals surface area contributed by atoms with E-state index in [1.807, 2.05) is 50.5 Å². The van der Waals surface area contributed by atoms with Gasteiger partial charge < -0.3 is 15.2 Å². The molecule has 2 aromatic carbocycles. The van der Waals surface area contributed by atoms with Gasteiger partial charge in [-0.15, -0.1) is 10.2 Å². The minimum absolute atomic E-state index is 0.0317. The molecule has 1 atom stereocenters. The molecular weight excluding hydrogens is 517 g/mol. The standard InChI is InChI=1S/C26H31Cl2N5O2S/c1-6-17-10-8-9-16(5)23(17)29-21(34)14-36-26-32-31-24(33(26)7-2)22(15(3)4)30-25(35)19-12-11-18(27)13-20(19)28/h8-13,15,22H,6-7,14H2,1-5H3,(H,29,34)(H,30,35)/t22-/m1/s1. The topological polar surface area (TPSA) is 88.9 Å². The molecule has 0 radical (unpaired) electrons. The molecule has 0 aliphatic heterocycles. The molecule has 0 saturated heterocycles. The number of carbonyl (C=O) groups excluding carboxylic acids is 2. The predicted octanol–water partition coefficient (Wildman–Crippen LogP) is 6.33. The van der Waals surface area contributed by atoms with E-state index in [0.29, 0.717) is 28.1 Å². The third kappa shape index (κ3) is 6.60. The first-order chi connectivity index (χ1) is 17.2. The van der Waals surface area contributed by atoms with Gasteiger partial charge in [0.05, 0.1) is 22.4 Å². The molecule has 36 heavy (non-hydrogen) atoms. The van der Waals surface area contributed by atoms with Gasteiger partial charge in [0, 0.05) is 17.3 Å². The lowest BCUT2D eigenvalue weighted by Crippen LogP contribution is -2.34. The quantitative estimate of drug-likeness (QED) is 0.289. The van der Waals surface area contributed by atoms with Crippen molar-refractivity contribution in [2.75, 3.05) is 11.1 Å². The summed E-state index contributed by atoms with van der Waals surface area (Å²) in [5.41, 5.74) is 3.33. The average Bonchev–Trinajstić information content (AvgIpc) is 3.24. The van der Waals surface area contributed by atoms with E-state index in [1.165, 1.54) is 17.8 Å². The Morgan fingerprint density at radius 3 is 2.50 bits per heavy atom. The third-order valence-electron chi connectivity index (χ3n) is 5.81. The summed E-state index contributed by atoms with van der Waals surface area (Å²) in [4.78, 5) is 25.7. The van der Waals surface area contributed by atoms with E-state index in [1.54, 1.807) is 12.1 Å². The number of para-hydroxylation sites is 1. The van der Waals surface area contributed by atoms with Gasteiger partial charge >= 0.3 is 0 Å². The Labute approximate surface area is 226 Å². The highest BCUT2D eigenvalue weighted by molar-refractivity contribution is 7.99. The molecule has 0 saturated carbocycles. The number of halogens is 2. The van der Waals surface area contributed by atoms with E-state index in [2.05, 4.69) is 27.8 Å². The lowest BCUT2D eigenvalue weighted by Gasteiger charge is -2.23. The van der Waals surface area contributed by atoms with Crippen molar-refractivity contribution in [3.8, 4) is 0 Å². The third-order valence-corrected chi connectivity index (χ3v) is 7.32. The molecule has 192 valence electrons. The SMILES string of the molecule is CCc1cccc(C)c1NC(=O)CSc1nnc([C@H](NC(=O)c2ccc(Cl)cc2Cl)C(C)C)n1CC. The molecule has 0 bridgehead atoms. The van der Waals surface area contributed by atoms with Crippen molar-refractivity contribution in [1.29, 1.82) is 0 Å². The van der Waals surface area contributed by atoms with Crippen LogP contribution in [0.4, 0.5) is 5.69 Å². The van der Waals surface area contributed by atoms with Gasteiger partial charge in [0.25, 0.3) is 5.91 Å². The molecule has 0 spiro atoms. The second-order valence-electron chi connectivity index (χ2n) is 8.70. The number of rotatable bonds is 10. The van der Waals surface area contributed by atoms with Crippen LogP contribution in [0.1, 0.15) is 61.0 Å². The predicted molar refractivity (Wildman–Crippen MR) is 147 cm³/mol. The van der Waals surface area contributed by atoms with Gasteiger partial charge in [-0.1, -0.05) is 73.9 Å². The Balaban J connectivity index is 1.75. The number of nitrogens with one attached hydrogen (secondary N) is 2. The number of hydrogen-bond donors (Lipinski definition) is 2. The van der Waals surface area contributed by atoms with Crippen LogP contribution in [0.5, 0.6) is 0 Å². The van der Waals surface area contributed by atoms with E-state index < -0.39 is 6.04 Å². The lowest BCUT2D eigenvalue weighted by molar-refractivity contribution is -0.113. The van der Waals surface area contributed by atoms with Crippen LogP contribution in [0, 0.1) is 12.8 Å². The Kier molecular flexibility index (Phi) is 9.82. The second kappa shape index (κ2) is 12.6. The smallest absolute Gasteiger partial charge is 0.253 e. The van der Waals surface area contributed by atoms with Crippen LogP contribution in [0.25, 0.3) is 0 Å². The van der Waals surface area contributed by atoms with E-state index in [0.717, 1.165) is 23.2 Å². The second-order valence-corrected chi connectivity index (χ2v) is 10.5. The summed E-state index contributed by atoms with van der Waals surface area (Å²) in [6.45, 7) is 10.6. The zero-order valence-electron chi connectivity index (χ0n) is 21.1. The van der Waals surface area contributed by atoms with Gasteiger partial charge in [0.2, 0.25) is 5.91 Å². The van der Waals surface area contributed by atoms with Crippen molar-refractivity contribution in [3.63, 3.8) is 0 Å². The van der Waals surface area contributed by atoms with Gasteiger partial charge in [-0.3, -0.25) is 9.59 Å². The minimum atomic E-state index is -0.404. The van der Waals surface area contributed by atoms with Gasteiger partial charge in [-0.2, -0.15) is 0 Å². The normalized spacial score (nSPS) is 12.0. The fourth-order valence-electron chi connectivity index (χ4n) is 3.86. The van der Waals surface area contributed by atoms with Crippen molar-refractivity contribution >= 4 is 52.5 Å². The maximum Gasteiger partial charge on any atom is 0.253 e. The summed E-state index contributed by atoms with van der Waals surface area (Å²) in [6.07, 6.45) is 0.835. The maximum atomic E-state index is 13.0. The molecule has 0 unspecified atom stereocenters. The van der Waals surface area contributed by atoms with Gasteiger partial charge in [0.15, 0.2) is 11.0 Å². The van der Waals surface area contributed by atoms with Crippen molar-refractivity contribution in [1.82, 2.24) is 20.1 Å². The fourth-order valence-corrected chi connectivity index (χ4v) is 5.17. The molecule has 0 aliphatic rings. The van der Waals surface area contributed by atoms with E-state index in [4.69, 9.17) is 23.2 Å². The Morgan fingerprint density at radius 2 is 1.86 bits per heavy atom. The summed E-state index contributed by atoms with van der Waals surface area (Å²) >= 11 is 13.5. The highest BCUT2D eigenvalue weighted by Gasteiger charge is 2.27. The Morgan fingerprint density at radius 1 is 1.11 bits per heavy atom. The van der Waals surface area contributed by atoms with Gasteiger partial charge in [0.1, 0.15) is 0 Å². The molecule has 3 rings (SSSR count). The summed E-state index contributed by atoms with van der Waals surface area (Å²) in [7, 11) is 0. The largest absolute Gasteiger partial charge is 0.342 e. The van der Waals surface area contributed by atoms with Crippen molar-refractivity contribution < 1.29 is 9.59 Å². The van der Waals surface area contributed by atoms with Gasteiger partial charge in [-0.25, -0.2) is 0 Å². The first-order valence-corrected chi connectivity index (χ1v) is 13.6. The molecule has 1 aromatic heterocycles. The van der Waals surface area contributed by atoms with E-state index in [-0.39, 0.29) is 28.5 Å². The molecule has 2 N–H and O–H groups in total. The molecule has 1 heterocycles. The van der Waals surface area contributed by atoms with Crippen LogP contribution in [0.2, 0.25) is 10.0 Å². The van der Waals surface area contributed by atoms with Crippen LogP contribution < -0.4 is 10.6 Å². The molecule has 10 heteroatoms. The van der Waals surface area contributed by atoms with Crippen molar-refractivity contribution in [2.45, 2.75) is 58.8 Å². The van der Waals surface area contributed by atoms with Crippen molar-refractivity contribution in [2.24, 2.45) is 5.92 Å². The fraction of sp³-hybridized carbons (Fsp3) is 0.385. The van der Waals surface area contributed by atoms with E-state index >= 15 is 0 Å². The highest BCUT2D eigenvalue weighted by Crippen LogP contribution is 2.28. The summed E-state index contributed by atoms with van der Waals surface area (Å²) in [5, 5.41) is 16.2. The Hall–Kier alpha value is -2.55. The number of amides is 2. The van der Waals surface area contributed by atoms with Crippen LogP contribution in [-0.2, 0) is 17.8 Å². The van der Waals surface area contributed by atoms with Crippen LogP contribution in [-0.4, -0.2) is 32.3 Å². The molecule has 0 fully saturated rings. The molecule has 3 aromatic rings. The number of nitrogens with zero attached hydrogens (tertiary/aromatic N) is 3. The highest BCUT2D eigenvalue weighted by atomic mass is 35.5. The number of hydrogen-bond acceptors (Lipinski definition) is 5. The van der Waals surface area contributed by atoms with Crippen molar-refractivity contribution in [3.05, 3.63) is 69.0 Å². The average molecular weight is 549 g/mol.